The van der Waals surface area contributed by atoms with Gasteiger partial charge in [-0.1, -0.05) is 97.3 Å². The number of aryl methyl sites for hydroxylation is 2. The summed E-state index contributed by atoms with van der Waals surface area (Å²) in [6.45, 7) is 11.0. The van der Waals surface area contributed by atoms with Crippen LogP contribution in [0.5, 0.6) is 0 Å². The van der Waals surface area contributed by atoms with Gasteiger partial charge < -0.3 is 14.0 Å². The Balaban J connectivity index is 0.000000202. The second-order valence-electron chi connectivity index (χ2n) is 13.6. The first kappa shape index (κ1) is 34.3. The smallest absolute Gasteiger partial charge is 0.128 e. The Morgan fingerprint density at radius 2 is 1.45 bits per heavy atom. The van der Waals surface area contributed by atoms with E-state index in [1.54, 1.807) is 0 Å². The van der Waals surface area contributed by atoms with Gasteiger partial charge in [-0.25, -0.2) is 0 Å². The van der Waals surface area contributed by atoms with E-state index in [9.17, 15) is 0 Å². The van der Waals surface area contributed by atoms with E-state index in [-0.39, 0.29) is 20.1 Å². The van der Waals surface area contributed by atoms with Gasteiger partial charge in [-0.15, -0.1) is 54.1 Å². The minimum Gasteiger partial charge on any atom is -0.500 e. The van der Waals surface area contributed by atoms with Gasteiger partial charge in [0.2, 0.25) is 0 Å². The number of benzene rings is 5. The fourth-order valence-corrected chi connectivity index (χ4v) is 7.65. The van der Waals surface area contributed by atoms with Crippen molar-refractivity contribution in [3.05, 3.63) is 151 Å². The number of nitrogens with zero attached hydrogens (tertiary/aromatic N) is 4. The summed E-state index contributed by atoms with van der Waals surface area (Å²) in [5, 5.41) is 5.82. The molecule has 0 amide bonds. The van der Waals surface area contributed by atoms with Crippen LogP contribution in [-0.4, -0.2) is 27.6 Å². The maximum Gasteiger partial charge on any atom is 0.128 e. The van der Waals surface area contributed by atoms with Crippen LogP contribution in [-0.2, 0) is 20.1 Å². The number of rotatable bonds is 4. The summed E-state index contributed by atoms with van der Waals surface area (Å²) in [5.41, 5.74) is 9.43. The standard InChI is InChI=1S/C30H20N3O.C14H16NSi.Ir/c1-18-17-26-27(19(2)31-18)33(21-10-4-3-5-11-21)30(32-26)25-14-8-13-23-24-16-15-20-9-6-7-12-22(20)28(24)34-29(23)25;1-16(2,3)13-9-10-14(15-11-13)12-7-5-4-6-8-12;/h3-13,15-17H,1-2H3;4-7,9-11H,1-3H3;/q2*-1;. The molecule has 9 rings (SSSR count). The summed E-state index contributed by atoms with van der Waals surface area (Å²) < 4.78 is 8.77. The van der Waals surface area contributed by atoms with Crippen molar-refractivity contribution in [1.82, 2.24) is 19.5 Å². The average molecular weight is 857 g/mol. The minimum absolute atomic E-state index is 0. The zero-order valence-corrected chi connectivity index (χ0v) is 32.5. The van der Waals surface area contributed by atoms with Crippen LogP contribution in [0, 0.1) is 26.0 Å². The molecule has 0 N–H and O–H groups in total. The van der Waals surface area contributed by atoms with Crippen molar-refractivity contribution < 1.29 is 24.5 Å². The number of imidazole rings is 1. The zero-order valence-electron chi connectivity index (χ0n) is 29.2. The van der Waals surface area contributed by atoms with Gasteiger partial charge in [0.15, 0.2) is 0 Å². The van der Waals surface area contributed by atoms with Crippen LogP contribution in [0.2, 0.25) is 19.6 Å². The molecule has 51 heavy (non-hydrogen) atoms. The first-order chi connectivity index (χ1) is 24.3. The SMILES string of the molecule is C[Si](C)(C)c1ccc(-c2[c-]cccc2)nc1.Cc1cc2nc(-c3[c-]ccc4c3oc3c5ccccc5ccc43)n(-c3ccccc3)c2c(C)n1.[Ir]. The molecule has 0 atom stereocenters. The van der Waals surface area contributed by atoms with Crippen molar-refractivity contribution in [2.45, 2.75) is 33.5 Å². The molecule has 0 aliphatic heterocycles. The molecule has 0 saturated heterocycles. The van der Waals surface area contributed by atoms with Crippen molar-refractivity contribution >= 4 is 57.0 Å². The summed E-state index contributed by atoms with van der Waals surface area (Å²) in [7, 11) is -1.23. The Labute approximate surface area is 312 Å². The molecule has 0 aliphatic rings. The van der Waals surface area contributed by atoms with Crippen LogP contribution >= 0.6 is 0 Å². The number of fused-ring (bicyclic) bond motifs is 6. The molecule has 0 spiro atoms. The summed E-state index contributed by atoms with van der Waals surface area (Å²) in [6.07, 6.45) is 2.02. The molecule has 4 aromatic heterocycles. The first-order valence-electron chi connectivity index (χ1n) is 16.9. The summed E-state index contributed by atoms with van der Waals surface area (Å²) in [5.74, 6) is 0.797. The third-order valence-electron chi connectivity index (χ3n) is 9.11. The maximum atomic E-state index is 6.59. The second-order valence-corrected chi connectivity index (χ2v) is 18.7. The van der Waals surface area contributed by atoms with Gasteiger partial charge in [-0.05, 0) is 48.3 Å². The zero-order chi connectivity index (χ0) is 34.4. The van der Waals surface area contributed by atoms with Crippen molar-refractivity contribution in [2.75, 3.05) is 0 Å². The van der Waals surface area contributed by atoms with E-state index in [1.165, 1.54) is 5.19 Å². The molecular formula is C44H36IrN4OSi-2. The monoisotopic (exact) mass is 857 g/mol. The number of para-hydroxylation sites is 1. The Bertz CT molecular complexity index is 2640. The fraction of sp³-hybridized carbons (Fsp3) is 0.114. The van der Waals surface area contributed by atoms with Crippen LogP contribution in [0.15, 0.2) is 132 Å². The number of furan rings is 1. The van der Waals surface area contributed by atoms with E-state index in [4.69, 9.17) is 14.4 Å². The van der Waals surface area contributed by atoms with E-state index >= 15 is 0 Å². The third kappa shape index (κ3) is 6.45. The van der Waals surface area contributed by atoms with Crippen molar-refractivity contribution in [2.24, 2.45) is 0 Å². The largest absolute Gasteiger partial charge is 0.500 e. The van der Waals surface area contributed by atoms with E-state index < -0.39 is 8.07 Å². The van der Waals surface area contributed by atoms with Crippen molar-refractivity contribution in [3.8, 4) is 28.3 Å². The van der Waals surface area contributed by atoms with Crippen LogP contribution in [0.4, 0.5) is 0 Å². The summed E-state index contributed by atoms with van der Waals surface area (Å²) >= 11 is 0. The molecule has 253 valence electrons. The van der Waals surface area contributed by atoms with Gasteiger partial charge in [-0.2, -0.15) is 0 Å². The van der Waals surface area contributed by atoms with Gasteiger partial charge in [0.05, 0.1) is 36.2 Å². The molecule has 9 aromatic rings. The normalized spacial score (nSPS) is 11.5. The first-order valence-corrected chi connectivity index (χ1v) is 20.4. The summed E-state index contributed by atoms with van der Waals surface area (Å²) in [6, 6.07) is 47.9. The van der Waals surface area contributed by atoms with E-state index in [0.717, 1.165) is 83.5 Å². The molecule has 0 aliphatic carbocycles. The van der Waals surface area contributed by atoms with E-state index in [0.29, 0.717) is 0 Å². The molecule has 0 fully saturated rings. The second kappa shape index (κ2) is 13.8. The molecule has 1 radical (unpaired) electrons. The Morgan fingerprint density at radius 1 is 0.686 bits per heavy atom. The van der Waals surface area contributed by atoms with Crippen molar-refractivity contribution in [1.29, 1.82) is 0 Å². The minimum atomic E-state index is -1.23. The van der Waals surface area contributed by atoms with Gasteiger partial charge in [0, 0.05) is 48.5 Å². The molecule has 0 bridgehead atoms. The number of pyridine rings is 2. The topological polar surface area (TPSA) is 56.7 Å². The fourth-order valence-electron chi connectivity index (χ4n) is 6.61. The number of hydrogen-bond acceptors (Lipinski definition) is 4. The van der Waals surface area contributed by atoms with Crippen LogP contribution in [0.25, 0.3) is 72.1 Å². The van der Waals surface area contributed by atoms with E-state index in [2.05, 4.69) is 108 Å². The Kier molecular flexibility index (Phi) is 9.30. The predicted molar refractivity (Wildman–Crippen MR) is 209 cm³/mol. The maximum absolute atomic E-state index is 6.59. The Hall–Kier alpha value is -5.20. The number of hydrogen-bond donors (Lipinski definition) is 0. The van der Waals surface area contributed by atoms with Gasteiger partial charge >= 0.3 is 0 Å². The molecular weight excluding hydrogens is 821 g/mol. The molecule has 0 unspecified atom stereocenters. The van der Waals surface area contributed by atoms with Crippen LogP contribution < -0.4 is 5.19 Å². The van der Waals surface area contributed by atoms with E-state index in [1.807, 2.05) is 74.6 Å². The molecule has 5 nitrogen and oxygen atoms in total. The third-order valence-corrected chi connectivity index (χ3v) is 11.1. The quantitative estimate of drug-likeness (QED) is 0.131. The molecule has 4 heterocycles. The number of aromatic nitrogens is 4. The van der Waals surface area contributed by atoms with Crippen molar-refractivity contribution in [3.63, 3.8) is 0 Å². The molecule has 0 saturated carbocycles. The van der Waals surface area contributed by atoms with Gasteiger partial charge in [0.1, 0.15) is 5.58 Å². The predicted octanol–water partition coefficient (Wildman–Crippen LogP) is 10.6. The van der Waals surface area contributed by atoms with Crippen LogP contribution in [0.1, 0.15) is 11.4 Å². The van der Waals surface area contributed by atoms with Gasteiger partial charge in [-0.3, -0.25) is 9.97 Å². The molecule has 5 aromatic carbocycles. The summed E-state index contributed by atoms with van der Waals surface area (Å²) in [4.78, 5) is 14.3. The van der Waals surface area contributed by atoms with Crippen LogP contribution in [0.3, 0.4) is 0 Å². The Morgan fingerprint density at radius 3 is 2.20 bits per heavy atom. The average Bonchev–Trinajstić information content (AvgIpc) is 3.72. The van der Waals surface area contributed by atoms with Gasteiger partial charge in [0.25, 0.3) is 0 Å². The molecule has 7 heteroatoms.